The van der Waals surface area contributed by atoms with Crippen LogP contribution < -0.4 is 0 Å². The van der Waals surface area contributed by atoms with E-state index in [0.29, 0.717) is 16.8 Å². The van der Waals surface area contributed by atoms with Gasteiger partial charge in [-0.25, -0.2) is 4.79 Å². The number of nitrogens with one attached hydrogen (secondary N) is 1. The molecule has 1 N–H and O–H groups in total. The molecule has 0 aliphatic rings. The molecule has 2 heterocycles. The lowest BCUT2D eigenvalue weighted by molar-refractivity contribution is 0.0603. The third-order valence-electron chi connectivity index (χ3n) is 2.76. The maximum atomic E-state index is 11.7. The van der Waals surface area contributed by atoms with Gasteiger partial charge in [0.05, 0.1) is 30.6 Å². The molecular weight excluding hydrogens is 232 g/mol. The number of rotatable bonds is 2. The Labute approximate surface area is 102 Å². The second-order valence-corrected chi connectivity index (χ2v) is 3.83. The number of benzene rings is 1. The number of carbonyl (C=O) groups excluding carboxylic acids is 1. The van der Waals surface area contributed by atoms with Crippen molar-refractivity contribution in [3.63, 3.8) is 0 Å². The third-order valence-corrected chi connectivity index (χ3v) is 2.76. The van der Waals surface area contributed by atoms with E-state index < -0.39 is 5.97 Å². The molecule has 5 heteroatoms. The van der Waals surface area contributed by atoms with Crippen molar-refractivity contribution < 1.29 is 13.9 Å². The van der Waals surface area contributed by atoms with Crippen LogP contribution in [0.25, 0.3) is 22.2 Å². The number of H-pyrrole nitrogens is 1. The first-order valence-electron chi connectivity index (χ1n) is 5.39. The average Bonchev–Trinajstić information content (AvgIpc) is 3.06. The smallest absolute Gasteiger partial charge is 0.340 e. The van der Waals surface area contributed by atoms with E-state index in [9.17, 15) is 4.79 Å². The van der Waals surface area contributed by atoms with Gasteiger partial charge in [-0.15, -0.1) is 0 Å². The van der Waals surface area contributed by atoms with Gasteiger partial charge >= 0.3 is 5.97 Å². The predicted octanol–water partition coefficient (Wildman–Crippen LogP) is 2.61. The second kappa shape index (κ2) is 4.03. The summed E-state index contributed by atoms with van der Waals surface area (Å²) in [4.78, 5) is 11.7. The summed E-state index contributed by atoms with van der Waals surface area (Å²) in [6, 6.07) is 7.27. The van der Waals surface area contributed by atoms with Crippen molar-refractivity contribution in [2.75, 3.05) is 7.11 Å². The minimum Gasteiger partial charge on any atom is -0.465 e. The Bertz CT molecular complexity index is 698. The molecule has 0 bridgehead atoms. The number of carbonyl (C=O) groups is 1. The van der Waals surface area contributed by atoms with Crippen LogP contribution in [0.5, 0.6) is 0 Å². The van der Waals surface area contributed by atoms with Gasteiger partial charge in [-0.1, -0.05) is 0 Å². The fourth-order valence-corrected chi connectivity index (χ4v) is 1.91. The Kier molecular flexibility index (Phi) is 2.37. The number of aromatic amines is 1. The molecule has 3 rings (SSSR count). The van der Waals surface area contributed by atoms with Crippen LogP contribution in [0.4, 0.5) is 0 Å². The Morgan fingerprint density at radius 3 is 3.06 bits per heavy atom. The van der Waals surface area contributed by atoms with Crippen molar-refractivity contribution in [2.45, 2.75) is 0 Å². The highest BCUT2D eigenvalue weighted by Crippen LogP contribution is 2.27. The van der Waals surface area contributed by atoms with Gasteiger partial charge in [-0.3, -0.25) is 5.10 Å². The summed E-state index contributed by atoms with van der Waals surface area (Å²) in [7, 11) is 1.35. The van der Waals surface area contributed by atoms with Crippen molar-refractivity contribution >= 4 is 16.9 Å². The van der Waals surface area contributed by atoms with Gasteiger partial charge in [0.2, 0.25) is 0 Å². The van der Waals surface area contributed by atoms with Crippen LogP contribution in [0, 0.1) is 0 Å². The standard InChI is InChI=1S/C13H10N2O3/c1-17-13(16)10-6-8(11-3-2-4-18-11)5-9-7-14-15-12(9)10/h2-7H,1H3,(H,14,15). The SMILES string of the molecule is COC(=O)c1cc(-c2ccco2)cc2cn[nH]c12. The van der Waals surface area contributed by atoms with E-state index in [2.05, 4.69) is 10.2 Å². The van der Waals surface area contributed by atoms with Crippen LogP contribution in [-0.2, 0) is 4.74 Å². The molecule has 18 heavy (non-hydrogen) atoms. The number of hydrogen-bond donors (Lipinski definition) is 1. The van der Waals surface area contributed by atoms with Gasteiger partial charge < -0.3 is 9.15 Å². The molecule has 0 aliphatic carbocycles. The Morgan fingerprint density at radius 2 is 2.33 bits per heavy atom. The number of aromatic nitrogens is 2. The molecule has 90 valence electrons. The number of fused-ring (bicyclic) bond motifs is 1. The summed E-state index contributed by atoms with van der Waals surface area (Å²) in [5.74, 6) is 0.293. The molecule has 0 unspecified atom stereocenters. The van der Waals surface area contributed by atoms with E-state index in [1.807, 2.05) is 12.1 Å². The number of nitrogens with zero attached hydrogens (tertiary/aromatic N) is 1. The molecule has 3 aromatic rings. The van der Waals surface area contributed by atoms with E-state index >= 15 is 0 Å². The summed E-state index contributed by atoms with van der Waals surface area (Å²) >= 11 is 0. The molecule has 2 aromatic heterocycles. The number of ether oxygens (including phenoxy) is 1. The summed E-state index contributed by atoms with van der Waals surface area (Å²) in [5, 5.41) is 7.57. The minimum atomic E-state index is -0.405. The topological polar surface area (TPSA) is 68.1 Å². The van der Waals surface area contributed by atoms with Crippen LogP contribution in [0.15, 0.2) is 41.1 Å². The zero-order valence-electron chi connectivity index (χ0n) is 9.64. The maximum absolute atomic E-state index is 11.7. The van der Waals surface area contributed by atoms with Crippen LogP contribution in [-0.4, -0.2) is 23.3 Å². The first-order valence-corrected chi connectivity index (χ1v) is 5.39. The third kappa shape index (κ3) is 1.57. The van der Waals surface area contributed by atoms with E-state index in [1.165, 1.54) is 7.11 Å². The fourth-order valence-electron chi connectivity index (χ4n) is 1.91. The van der Waals surface area contributed by atoms with Gasteiger partial charge in [0.1, 0.15) is 5.76 Å². The van der Waals surface area contributed by atoms with Gasteiger partial charge in [-0.2, -0.15) is 5.10 Å². The monoisotopic (exact) mass is 242 g/mol. The lowest BCUT2D eigenvalue weighted by Crippen LogP contribution is -2.02. The number of methoxy groups -OCH3 is 1. The maximum Gasteiger partial charge on any atom is 0.340 e. The lowest BCUT2D eigenvalue weighted by Gasteiger charge is -2.04. The first-order chi connectivity index (χ1) is 8.79. The van der Waals surface area contributed by atoms with Crippen LogP contribution in [0.1, 0.15) is 10.4 Å². The molecular formula is C13H10N2O3. The van der Waals surface area contributed by atoms with E-state index in [1.54, 1.807) is 24.6 Å². The molecule has 0 saturated carbocycles. The van der Waals surface area contributed by atoms with Crippen molar-refractivity contribution in [3.8, 4) is 11.3 Å². The lowest BCUT2D eigenvalue weighted by atomic mass is 10.1. The predicted molar refractivity (Wildman–Crippen MR) is 65.1 cm³/mol. The van der Waals surface area contributed by atoms with E-state index in [-0.39, 0.29) is 0 Å². The summed E-state index contributed by atoms with van der Waals surface area (Å²) in [6.07, 6.45) is 3.25. The quantitative estimate of drug-likeness (QED) is 0.701. The molecule has 0 saturated heterocycles. The highest BCUT2D eigenvalue weighted by atomic mass is 16.5. The van der Waals surface area contributed by atoms with Gasteiger partial charge in [0.25, 0.3) is 0 Å². The summed E-state index contributed by atoms with van der Waals surface area (Å²) in [5.41, 5.74) is 1.92. The Hall–Kier alpha value is -2.56. The highest BCUT2D eigenvalue weighted by Gasteiger charge is 2.15. The van der Waals surface area contributed by atoms with Crippen LogP contribution >= 0.6 is 0 Å². The molecule has 0 fully saturated rings. The van der Waals surface area contributed by atoms with Crippen molar-refractivity contribution in [1.29, 1.82) is 0 Å². The fraction of sp³-hybridized carbons (Fsp3) is 0.0769. The molecule has 0 spiro atoms. The highest BCUT2D eigenvalue weighted by molar-refractivity contribution is 6.04. The molecule has 0 atom stereocenters. The van der Waals surface area contributed by atoms with Crippen LogP contribution in [0.3, 0.4) is 0 Å². The number of hydrogen-bond acceptors (Lipinski definition) is 4. The van der Waals surface area contributed by atoms with Gasteiger partial charge in [-0.05, 0) is 24.3 Å². The molecule has 0 aliphatic heterocycles. The number of furan rings is 1. The van der Waals surface area contributed by atoms with Crippen molar-refractivity contribution in [1.82, 2.24) is 10.2 Å². The minimum absolute atomic E-state index is 0.405. The first kappa shape index (κ1) is 10.6. The van der Waals surface area contributed by atoms with Gasteiger partial charge in [0.15, 0.2) is 0 Å². The molecule has 0 radical (unpaired) electrons. The molecule has 5 nitrogen and oxygen atoms in total. The Balaban J connectivity index is 2.26. The summed E-state index contributed by atoms with van der Waals surface area (Å²) < 4.78 is 10.1. The number of esters is 1. The van der Waals surface area contributed by atoms with E-state index in [4.69, 9.17) is 9.15 Å². The van der Waals surface area contributed by atoms with Gasteiger partial charge in [0, 0.05) is 10.9 Å². The van der Waals surface area contributed by atoms with Crippen molar-refractivity contribution in [3.05, 3.63) is 42.3 Å². The van der Waals surface area contributed by atoms with Crippen LogP contribution in [0.2, 0.25) is 0 Å². The molecule has 0 amide bonds. The zero-order chi connectivity index (χ0) is 12.5. The second-order valence-electron chi connectivity index (χ2n) is 3.83. The zero-order valence-corrected chi connectivity index (χ0v) is 9.64. The average molecular weight is 242 g/mol. The van der Waals surface area contributed by atoms with Crippen molar-refractivity contribution in [2.24, 2.45) is 0 Å². The molecule has 1 aromatic carbocycles. The largest absolute Gasteiger partial charge is 0.465 e. The normalized spacial score (nSPS) is 10.7. The Morgan fingerprint density at radius 1 is 1.44 bits per heavy atom. The summed E-state index contributed by atoms with van der Waals surface area (Å²) in [6.45, 7) is 0. The van der Waals surface area contributed by atoms with E-state index in [0.717, 1.165) is 10.9 Å².